The monoisotopic (exact) mass is 307 g/mol. The van der Waals surface area contributed by atoms with Crippen LogP contribution in [0.4, 0.5) is 4.39 Å². The molecule has 3 rings (SSSR count). The number of β-amino-alcohol motifs (C(OH)–C–C–N with tert-alkyl or cyclic N) is 1. The average molecular weight is 307 g/mol. The molecule has 1 aliphatic carbocycles. The largest absolute Gasteiger partial charge is 0.467 e. The van der Waals surface area contributed by atoms with Gasteiger partial charge in [-0.3, -0.25) is 4.79 Å². The Balaban J connectivity index is 1.90. The Labute approximate surface area is 127 Å². The molecule has 2 fully saturated rings. The van der Waals surface area contributed by atoms with Gasteiger partial charge in [0, 0.05) is 18.5 Å². The average Bonchev–Trinajstić information content (AvgIpc) is 3.22. The first-order valence-corrected chi connectivity index (χ1v) is 7.31. The Morgan fingerprint density at radius 3 is 2.64 bits per heavy atom. The lowest BCUT2D eigenvalue weighted by molar-refractivity contribution is -0.151. The molecule has 6 heteroatoms. The van der Waals surface area contributed by atoms with Crippen LogP contribution in [-0.2, 0) is 19.7 Å². The van der Waals surface area contributed by atoms with Gasteiger partial charge in [-0.05, 0) is 18.9 Å². The summed E-state index contributed by atoms with van der Waals surface area (Å²) in [6.07, 6.45) is 0.496. The van der Waals surface area contributed by atoms with Crippen molar-refractivity contribution in [3.8, 4) is 0 Å². The van der Waals surface area contributed by atoms with E-state index in [0.717, 1.165) is 0 Å². The van der Waals surface area contributed by atoms with Crippen LogP contribution in [0.15, 0.2) is 24.3 Å². The van der Waals surface area contributed by atoms with E-state index in [1.165, 1.54) is 18.1 Å². The highest BCUT2D eigenvalue weighted by atomic mass is 19.1. The highest BCUT2D eigenvalue weighted by Gasteiger charge is 2.57. The lowest BCUT2D eigenvalue weighted by atomic mass is 9.93. The molecule has 1 N–H and O–H groups in total. The number of aliphatic hydroxyl groups is 1. The van der Waals surface area contributed by atoms with E-state index in [1.54, 1.807) is 18.2 Å². The smallest absolute Gasteiger partial charge is 0.328 e. The highest BCUT2D eigenvalue weighted by Crippen LogP contribution is 2.51. The molecule has 1 amide bonds. The second-order valence-corrected chi connectivity index (χ2v) is 5.95. The van der Waals surface area contributed by atoms with E-state index in [0.29, 0.717) is 18.4 Å². The van der Waals surface area contributed by atoms with E-state index in [4.69, 9.17) is 4.74 Å². The van der Waals surface area contributed by atoms with Crippen molar-refractivity contribution < 1.29 is 23.8 Å². The Bertz CT molecular complexity index is 614. The molecule has 0 bridgehead atoms. The second-order valence-electron chi connectivity index (χ2n) is 5.95. The maximum atomic E-state index is 14.1. The van der Waals surface area contributed by atoms with E-state index >= 15 is 0 Å². The van der Waals surface area contributed by atoms with Crippen molar-refractivity contribution in [2.24, 2.45) is 0 Å². The Kier molecular flexibility index (Phi) is 3.64. The first-order chi connectivity index (χ1) is 10.5. The molecule has 22 heavy (non-hydrogen) atoms. The first kappa shape index (κ1) is 15.0. The van der Waals surface area contributed by atoms with Gasteiger partial charge in [-0.2, -0.15) is 0 Å². The lowest BCUT2D eigenvalue weighted by Crippen LogP contribution is -2.46. The van der Waals surface area contributed by atoms with Crippen LogP contribution in [-0.4, -0.2) is 47.7 Å². The third kappa shape index (κ3) is 2.27. The minimum Gasteiger partial charge on any atom is -0.467 e. The number of halogens is 1. The van der Waals surface area contributed by atoms with Crippen molar-refractivity contribution in [2.75, 3.05) is 13.7 Å². The van der Waals surface area contributed by atoms with E-state index in [-0.39, 0.29) is 18.9 Å². The van der Waals surface area contributed by atoms with Crippen molar-refractivity contribution in [2.45, 2.75) is 36.8 Å². The van der Waals surface area contributed by atoms with Gasteiger partial charge in [-0.1, -0.05) is 18.2 Å². The molecular formula is C16H18FNO4. The Morgan fingerprint density at radius 1 is 1.36 bits per heavy atom. The zero-order valence-corrected chi connectivity index (χ0v) is 12.3. The zero-order valence-electron chi connectivity index (χ0n) is 12.3. The van der Waals surface area contributed by atoms with E-state index in [2.05, 4.69) is 0 Å². The molecule has 1 saturated carbocycles. The van der Waals surface area contributed by atoms with Gasteiger partial charge < -0.3 is 14.7 Å². The number of nitrogens with zero attached hydrogens (tertiary/aromatic N) is 1. The second kappa shape index (κ2) is 5.35. The molecule has 1 heterocycles. The van der Waals surface area contributed by atoms with Crippen molar-refractivity contribution in [3.63, 3.8) is 0 Å². The first-order valence-electron chi connectivity index (χ1n) is 7.31. The minimum atomic E-state index is -0.901. The summed E-state index contributed by atoms with van der Waals surface area (Å²) in [6.45, 7) is 0.0782. The van der Waals surface area contributed by atoms with Crippen LogP contribution in [0.1, 0.15) is 24.8 Å². The van der Waals surface area contributed by atoms with E-state index in [1.807, 2.05) is 0 Å². The number of methoxy groups -OCH3 is 1. The number of carbonyl (C=O) groups excluding carboxylic acids is 2. The number of carbonyl (C=O) groups is 2. The number of hydrogen-bond acceptors (Lipinski definition) is 4. The van der Waals surface area contributed by atoms with Gasteiger partial charge in [-0.25, -0.2) is 9.18 Å². The summed E-state index contributed by atoms with van der Waals surface area (Å²) >= 11 is 0. The molecule has 1 aromatic rings. The molecule has 0 spiro atoms. The Hall–Kier alpha value is -1.95. The van der Waals surface area contributed by atoms with Crippen LogP contribution in [0.5, 0.6) is 0 Å². The zero-order chi connectivity index (χ0) is 15.9. The van der Waals surface area contributed by atoms with Crippen molar-refractivity contribution in [3.05, 3.63) is 35.6 Å². The van der Waals surface area contributed by atoms with Crippen molar-refractivity contribution in [1.82, 2.24) is 4.90 Å². The summed E-state index contributed by atoms with van der Waals surface area (Å²) < 4.78 is 18.8. The SMILES string of the molecule is COC(=O)[C@@H]1C[C@@H](O)CN1C(=O)C1(c2ccccc2F)CC1. The third-order valence-electron chi connectivity index (χ3n) is 4.56. The number of aliphatic hydroxyl groups excluding tert-OH is 1. The summed E-state index contributed by atoms with van der Waals surface area (Å²) in [7, 11) is 1.25. The van der Waals surface area contributed by atoms with E-state index in [9.17, 15) is 19.1 Å². The normalized spacial score (nSPS) is 25.9. The minimum absolute atomic E-state index is 0.0782. The molecule has 118 valence electrons. The quantitative estimate of drug-likeness (QED) is 0.846. The summed E-state index contributed by atoms with van der Waals surface area (Å²) in [5.41, 5.74) is -0.535. The van der Waals surface area contributed by atoms with Gasteiger partial charge in [0.1, 0.15) is 11.9 Å². The summed E-state index contributed by atoms with van der Waals surface area (Å²) in [6, 6.07) is 5.43. The number of ether oxygens (including phenoxy) is 1. The molecular weight excluding hydrogens is 289 g/mol. The highest BCUT2D eigenvalue weighted by molar-refractivity contribution is 5.94. The number of benzene rings is 1. The van der Waals surface area contributed by atoms with Crippen LogP contribution in [0.2, 0.25) is 0 Å². The molecule has 1 aliphatic heterocycles. The predicted octanol–water partition coefficient (Wildman–Crippen LogP) is 0.992. The fraction of sp³-hybridized carbons (Fsp3) is 0.500. The molecule has 2 atom stereocenters. The lowest BCUT2D eigenvalue weighted by Gasteiger charge is -2.27. The fourth-order valence-electron chi connectivity index (χ4n) is 3.25. The predicted molar refractivity (Wildman–Crippen MR) is 75.5 cm³/mol. The van der Waals surface area contributed by atoms with E-state index < -0.39 is 29.3 Å². The summed E-state index contributed by atoms with van der Waals surface area (Å²) in [5.74, 6) is -1.26. The maximum Gasteiger partial charge on any atom is 0.328 e. The number of amides is 1. The number of esters is 1. The van der Waals surface area contributed by atoms with Crippen LogP contribution in [0.25, 0.3) is 0 Å². The van der Waals surface area contributed by atoms with Crippen LogP contribution in [0, 0.1) is 5.82 Å². The van der Waals surface area contributed by atoms with Crippen molar-refractivity contribution in [1.29, 1.82) is 0 Å². The number of likely N-dealkylation sites (tertiary alicyclic amines) is 1. The van der Waals surface area contributed by atoms with Crippen LogP contribution in [0.3, 0.4) is 0 Å². The van der Waals surface area contributed by atoms with Gasteiger partial charge in [0.2, 0.25) is 5.91 Å². The van der Waals surface area contributed by atoms with Gasteiger partial charge in [0.15, 0.2) is 0 Å². The molecule has 5 nitrogen and oxygen atoms in total. The maximum absolute atomic E-state index is 14.1. The summed E-state index contributed by atoms with van der Waals surface area (Å²) in [4.78, 5) is 26.1. The molecule has 1 aromatic carbocycles. The van der Waals surface area contributed by atoms with Crippen LogP contribution >= 0.6 is 0 Å². The summed E-state index contributed by atoms with van der Waals surface area (Å²) in [5, 5.41) is 9.80. The van der Waals surface area contributed by atoms with Gasteiger partial charge in [-0.15, -0.1) is 0 Å². The number of rotatable bonds is 3. The molecule has 0 radical (unpaired) electrons. The molecule has 2 aliphatic rings. The Morgan fingerprint density at radius 2 is 2.05 bits per heavy atom. The molecule has 0 unspecified atom stereocenters. The van der Waals surface area contributed by atoms with Gasteiger partial charge in [0.05, 0.1) is 18.6 Å². The number of hydrogen-bond donors (Lipinski definition) is 1. The third-order valence-corrected chi connectivity index (χ3v) is 4.56. The topological polar surface area (TPSA) is 66.8 Å². The fourth-order valence-corrected chi connectivity index (χ4v) is 3.25. The van der Waals surface area contributed by atoms with Crippen molar-refractivity contribution >= 4 is 11.9 Å². The standard InChI is InChI=1S/C16H18FNO4/c1-22-14(20)13-8-10(19)9-18(13)15(21)16(6-7-16)11-4-2-3-5-12(11)17/h2-5,10,13,19H,6-9H2,1H3/t10-,13+/m1/s1. The molecule has 0 aromatic heterocycles. The molecule has 1 saturated heterocycles. The van der Waals surface area contributed by atoms with Crippen LogP contribution < -0.4 is 0 Å². The van der Waals surface area contributed by atoms with Gasteiger partial charge in [0.25, 0.3) is 0 Å². The van der Waals surface area contributed by atoms with Gasteiger partial charge >= 0.3 is 5.97 Å².